The molecule has 0 aromatic carbocycles. The Kier molecular flexibility index (Phi) is 15.4. The van der Waals surface area contributed by atoms with Crippen molar-refractivity contribution < 1.29 is 38.7 Å². The van der Waals surface area contributed by atoms with Crippen LogP contribution in [-0.2, 0) is 24.0 Å². The van der Waals surface area contributed by atoms with E-state index in [0.717, 1.165) is 0 Å². The number of amides is 5. The number of carboxylic acid groups (broad SMARTS) is 1. The number of nitrogens with two attached hydrogens (primary N) is 2. The van der Waals surface area contributed by atoms with Crippen LogP contribution >= 0.6 is 23.2 Å². The van der Waals surface area contributed by atoms with E-state index in [0.29, 0.717) is 51.6 Å². The van der Waals surface area contributed by atoms with E-state index in [1.54, 1.807) is 0 Å². The third-order valence-corrected chi connectivity index (χ3v) is 8.28. The minimum atomic E-state index is -1.58. The summed E-state index contributed by atoms with van der Waals surface area (Å²) in [4.78, 5) is 87.8. The SMILES string of the molecule is CC(N)(NCCNC(=O)C(CCCCNC(=O)C1CCCN1C(=O)Cl)NC(=O)C1CCCN1C(=O)Cl)C(=O)C(N)CCC(=O)O. The van der Waals surface area contributed by atoms with Gasteiger partial charge in [-0.15, -0.1) is 0 Å². The number of Topliss-reactive ketones (excluding diaryl/α,β-unsaturated/α-hetero) is 1. The molecular formula is C27H44Cl2N8O8. The molecule has 254 valence electrons. The number of nitrogens with zero attached hydrogens (tertiary/aromatic N) is 2. The Balaban J connectivity index is 1.90. The third kappa shape index (κ3) is 12.0. The van der Waals surface area contributed by atoms with Crippen molar-refractivity contribution >= 4 is 63.4 Å². The van der Waals surface area contributed by atoms with Gasteiger partial charge in [-0.3, -0.25) is 38.9 Å². The van der Waals surface area contributed by atoms with Crippen molar-refractivity contribution in [2.45, 2.75) is 94.5 Å². The van der Waals surface area contributed by atoms with Gasteiger partial charge >= 0.3 is 16.7 Å². The Bertz CT molecular complexity index is 1110. The van der Waals surface area contributed by atoms with Crippen molar-refractivity contribution in [3.05, 3.63) is 0 Å². The first-order valence-electron chi connectivity index (χ1n) is 15.0. The van der Waals surface area contributed by atoms with Crippen LogP contribution in [0.5, 0.6) is 0 Å². The molecule has 18 heteroatoms. The first kappa shape index (κ1) is 38.1. The molecule has 0 bridgehead atoms. The lowest BCUT2D eigenvalue weighted by Gasteiger charge is -2.28. The molecule has 0 saturated carbocycles. The molecule has 2 aliphatic rings. The molecular weight excluding hydrogens is 635 g/mol. The highest BCUT2D eigenvalue weighted by Gasteiger charge is 2.36. The molecule has 2 aliphatic heterocycles. The molecule has 0 aromatic rings. The molecule has 16 nitrogen and oxygen atoms in total. The van der Waals surface area contributed by atoms with E-state index in [1.165, 1.54) is 16.7 Å². The molecule has 2 rings (SSSR count). The van der Waals surface area contributed by atoms with Gasteiger partial charge in [0.1, 0.15) is 23.8 Å². The molecule has 2 saturated heterocycles. The second-order valence-corrected chi connectivity index (χ2v) is 12.0. The number of hydrogen-bond acceptors (Lipinski definition) is 10. The highest BCUT2D eigenvalue weighted by Crippen LogP contribution is 2.20. The smallest absolute Gasteiger partial charge is 0.317 e. The lowest BCUT2D eigenvalue weighted by Crippen LogP contribution is -2.63. The molecule has 0 aliphatic carbocycles. The summed E-state index contributed by atoms with van der Waals surface area (Å²) in [7, 11) is 0. The van der Waals surface area contributed by atoms with E-state index in [2.05, 4.69) is 21.3 Å². The van der Waals surface area contributed by atoms with E-state index < -0.39 is 64.1 Å². The van der Waals surface area contributed by atoms with Crippen molar-refractivity contribution in [3.63, 3.8) is 0 Å². The van der Waals surface area contributed by atoms with Crippen molar-refractivity contribution in [2.75, 3.05) is 32.7 Å². The Morgan fingerprint density at radius 1 is 0.867 bits per heavy atom. The quantitative estimate of drug-likeness (QED) is 0.0423. The average Bonchev–Trinajstić information content (AvgIpc) is 3.67. The highest BCUT2D eigenvalue weighted by molar-refractivity contribution is 6.63. The number of hydrogen-bond donors (Lipinski definition) is 7. The first-order valence-corrected chi connectivity index (χ1v) is 15.7. The summed E-state index contributed by atoms with van der Waals surface area (Å²) >= 11 is 11.2. The molecule has 0 radical (unpaired) electrons. The second kappa shape index (κ2) is 18.2. The van der Waals surface area contributed by atoms with Gasteiger partial charge in [0.2, 0.25) is 17.7 Å². The van der Waals surface area contributed by atoms with E-state index >= 15 is 0 Å². The van der Waals surface area contributed by atoms with Gasteiger partial charge in [0.25, 0.3) is 0 Å². The van der Waals surface area contributed by atoms with Crippen molar-refractivity contribution in [1.82, 2.24) is 31.1 Å². The molecule has 9 N–H and O–H groups in total. The van der Waals surface area contributed by atoms with Crippen LogP contribution in [0.1, 0.15) is 64.7 Å². The largest absolute Gasteiger partial charge is 0.481 e. The van der Waals surface area contributed by atoms with Crippen molar-refractivity contribution in [2.24, 2.45) is 11.5 Å². The van der Waals surface area contributed by atoms with Gasteiger partial charge in [-0.05, 0) is 81.5 Å². The Morgan fingerprint density at radius 2 is 1.44 bits per heavy atom. The lowest BCUT2D eigenvalue weighted by molar-refractivity contribution is -0.137. The van der Waals surface area contributed by atoms with Crippen LogP contribution in [0.4, 0.5) is 9.59 Å². The van der Waals surface area contributed by atoms with Crippen molar-refractivity contribution in [3.8, 4) is 0 Å². The number of unbranched alkanes of at least 4 members (excludes halogenated alkanes) is 1. The molecule has 0 spiro atoms. The van der Waals surface area contributed by atoms with E-state index in [9.17, 15) is 33.6 Å². The summed E-state index contributed by atoms with van der Waals surface area (Å²) in [6.45, 7) is 2.50. The number of carboxylic acids is 1. The van der Waals surface area contributed by atoms with Crippen LogP contribution in [-0.4, -0.2) is 118 Å². The topological polar surface area (TPSA) is 246 Å². The van der Waals surface area contributed by atoms with E-state index in [4.69, 9.17) is 39.8 Å². The normalized spacial score (nSPS) is 20.6. The number of aliphatic carboxylic acids is 1. The molecule has 5 unspecified atom stereocenters. The minimum absolute atomic E-state index is 0.0264. The predicted octanol–water partition coefficient (Wildman–Crippen LogP) is -0.454. The standard InChI is InChI=1S/C27H44Cl2N8O8/c1-27(31,21(40)16(30)9-10-20(38)39)34-13-12-33-22(41)17(35-24(43)19-8-5-15-37(19)26(29)45)6-2-3-11-32-23(42)18-7-4-14-36(18)25(28)44/h16-19,34H,2-15,30-31H2,1H3,(H,32,42)(H,33,41)(H,35,43)(H,38,39). The van der Waals surface area contributed by atoms with E-state index in [1.807, 2.05) is 0 Å². The van der Waals surface area contributed by atoms with Crippen LogP contribution in [0.25, 0.3) is 0 Å². The van der Waals surface area contributed by atoms with Crippen LogP contribution in [0.15, 0.2) is 0 Å². The van der Waals surface area contributed by atoms with Gasteiger partial charge < -0.3 is 42.3 Å². The van der Waals surface area contributed by atoms with Crippen LogP contribution in [0.2, 0.25) is 0 Å². The van der Waals surface area contributed by atoms with Crippen LogP contribution in [0.3, 0.4) is 0 Å². The zero-order valence-corrected chi connectivity index (χ0v) is 26.8. The number of nitrogens with one attached hydrogen (secondary N) is 4. The summed E-state index contributed by atoms with van der Waals surface area (Å²) in [6.07, 6.45) is 2.94. The third-order valence-electron chi connectivity index (χ3n) is 7.85. The number of carbonyl (C=O) groups excluding carboxylic acids is 6. The first-order chi connectivity index (χ1) is 21.2. The summed E-state index contributed by atoms with van der Waals surface area (Å²) in [5.41, 5.74) is 10.2. The summed E-state index contributed by atoms with van der Waals surface area (Å²) in [5.74, 6) is -3.01. The fourth-order valence-electron chi connectivity index (χ4n) is 5.35. The van der Waals surface area contributed by atoms with Crippen molar-refractivity contribution in [1.29, 1.82) is 0 Å². The molecule has 0 aromatic heterocycles. The summed E-state index contributed by atoms with van der Waals surface area (Å²) in [5, 5.41) is 18.3. The minimum Gasteiger partial charge on any atom is -0.481 e. The Morgan fingerprint density at radius 3 is 2.00 bits per heavy atom. The zero-order valence-electron chi connectivity index (χ0n) is 25.3. The zero-order chi connectivity index (χ0) is 33.7. The Labute approximate surface area is 271 Å². The molecule has 5 amide bonds. The maximum atomic E-state index is 13.1. The molecule has 45 heavy (non-hydrogen) atoms. The second-order valence-electron chi connectivity index (χ2n) is 11.4. The molecule has 2 heterocycles. The fraction of sp³-hybridized carbons (Fsp3) is 0.741. The maximum absolute atomic E-state index is 13.1. The molecule has 5 atom stereocenters. The fourth-order valence-corrected chi connectivity index (χ4v) is 5.76. The van der Waals surface area contributed by atoms with Gasteiger partial charge in [0.05, 0.1) is 6.04 Å². The number of rotatable bonds is 18. The number of likely N-dealkylation sites (tertiary alicyclic amines) is 2. The maximum Gasteiger partial charge on any atom is 0.317 e. The summed E-state index contributed by atoms with van der Waals surface area (Å²) in [6, 6.07) is -3.49. The molecule has 2 fully saturated rings. The highest BCUT2D eigenvalue weighted by atomic mass is 35.5. The van der Waals surface area contributed by atoms with Gasteiger partial charge in [0.15, 0.2) is 5.78 Å². The number of ketones is 1. The van der Waals surface area contributed by atoms with Gasteiger partial charge in [-0.2, -0.15) is 0 Å². The predicted molar refractivity (Wildman–Crippen MR) is 164 cm³/mol. The van der Waals surface area contributed by atoms with Crippen LogP contribution < -0.4 is 32.7 Å². The number of carbonyl (C=O) groups is 7. The van der Waals surface area contributed by atoms with Crippen LogP contribution in [0, 0.1) is 0 Å². The number of halogens is 2. The lowest BCUT2D eigenvalue weighted by atomic mass is 9.98. The summed E-state index contributed by atoms with van der Waals surface area (Å²) < 4.78 is 0. The van der Waals surface area contributed by atoms with Gasteiger partial charge in [-0.25, -0.2) is 0 Å². The Hall–Kier alpha value is -3.05. The van der Waals surface area contributed by atoms with E-state index in [-0.39, 0.29) is 44.8 Å². The van der Waals surface area contributed by atoms with Gasteiger partial charge in [-0.1, -0.05) is 0 Å². The average molecular weight is 680 g/mol. The monoisotopic (exact) mass is 678 g/mol. The van der Waals surface area contributed by atoms with Gasteiger partial charge in [0, 0.05) is 39.1 Å².